The zero-order valence-electron chi connectivity index (χ0n) is 25.5. The number of imide groups is 1. The van der Waals surface area contributed by atoms with Gasteiger partial charge in [-0.1, -0.05) is 99.6 Å². The fraction of sp³-hybridized carbons (Fsp3) is 0.250. The summed E-state index contributed by atoms with van der Waals surface area (Å²) in [6.07, 6.45) is -0.276. The SMILES string of the molecule is Cc1ccc(N(C)C(=O)CN2C(=O)c3ccccc3C2=O)c(C)c1C(O[Si](c1ccccc1)c1ccccc1)C(C)(C)C. The maximum absolute atomic E-state index is 13.6. The number of likely N-dealkylation sites (N-methyl/N-ethyl adjacent to an activating group) is 1. The number of anilines is 1. The quantitative estimate of drug-likeness (QED) is 0.202. The Morgan fingerprint density at radius 3 is 1.77 bits per heavy atom. The molecule has 0 aliphatic carbocycles. The maximum atomic E-state index is 13.6. The Balaban J connectivity index is 1.48. The highest BCUT2D eigenvalue weighted by Crippen LogP contribution is 2.42. The van der Waals surface area contributed by atoms with E-state index in [1.165, 1.54) is 0 Å². The van der Waals surface area contributed by atoms with E-state index in [4.69, 9.17) is 4.43 Å². The predicted octanol–water partition coefficient (Wildman–Crippen LogP) is 5.47. The third kappa shape index (κ3) is 5.96. The van der Waals surface area contributed by atoms with Crippen LogP contribution in [0.1, 0.15) is 64.3 Å². The van der Waals surface area contributed by atoms with E-state index < -0.39 is 20.9 Å². The fourth-order valence-corrected chi connectivity index (χ4v) is 7.95. The van der Waals surface area contributed by atoms with Gasteiger partial charge in [0.05, 0.1) is 17.2 Å². The smallest absolute Gasteiger partial charge is 0.283 e. The highest BCUT2D eigenvalue weighted by Gasteiger charge is 2.38. The molecule has 1 radical (unpaired) electrons. The van der Waals surface area contributed by atoms with E-state index in [1.807, 2.05) is 55.5 Å². The standard InChI is InChI=1S/C36H37N2O4Si/c1-24-21-22-30(37(6)31(39)23-38-34(40)28-19-13-14-20-29(28)35(38)41)25(2)32(24)33(36(3,4)5)42-43(26-15-9-7-10-16-26)27-17-11-8-12-18-27/h7-22,33H,23H2,1-6H3. The van der Waals surface area contributed by atoms with E-state index >= 15 is 0 Å². The van der Waals surface area contributed by atoms with Gasteiger partial charge in [0.1, 0.15) is 6.54 Å². The number of hydrogen-bond acceptors (Lipinski definition) is 4. The van der Waals surface area contributed by atoms with Crippen LogP contribution in [0.4, 0.5) is 5.69 Å². The van der Waals surface area contributed by atoms with Gasteiger partial charge in [-0.2, -0.15) is 0 Å². The number of nitrogens with zero attached hydrogens (tertiary/aromatic N) is 2. The molecule has 0 spiro atoms. The Labute approximate surface area is 255 Å². The summed E-state index contributed by atoms with van der Waals surface area (Å²) >= 11 is 0. The Kier molecular flexibility index (Phi) is 8.49. The first kappa shape index (κ1) is 30.1. The summed E-state index contributed by atoms with van der Waals surface area (Å²) in [4.78, 5) is 42.0. The van der Waals surface area contributed by atoms with Crippen LogP contribution in [0.3, 0.4) is 0 Å². The molecule has 0 saturated heterocycles. The third-order valence-corrected chi connectivity index (χ3v) is 10.2. The Hall–Kier alpha value is -4.33. The van der Waals surface area contributed by atoms with Crippen LogP contribution in [0.5, 0.6) is 0 Å². The molecule has 1 unspecified atom stereocenters. The molecule has 1 aliphatic rings. The van der Waals surface area contributed by atoms with E-state index in [2.05, 4.69) is 52.0 Å². The van der Waals surface area contributed by atoms with Crippen LogP contribution in [0.15, 0.2) is 97.1 Å². The number of carbonyl (C=O) groups excluding carboxylic acids is 3. The number of benzene rings is 4. The van der Waals surface area contributed by atoms with Crippen LogP contribution in [-0.4, -0.2) is 45.3 Å². The van der Waals surface area contributed by atoms with Gasteiger partial charge in [0.2, 0.25) is 5.91 Å². The summed E-state index contributed by atoms with van der Waals surface area (Å²) in [5, 5.41) is 2.32. The fourth-order valence-electron chi connectivity index (χ4n) is 5.65. The number of rotatable bonds is 8. The highest BCUT2D eigenvalue weighted by molar-refractivity contribution is 6.80. The van der Waals surface area contributed by atoms with Crippen molar-refractivity contribution in [2.45, 2.75) is 40.7 Å². The molecule has 4 aromatic rings. The molecule has 6 nitrogen and oxygen atoms in total. The van der Waals surface area contributed by atoms with Crippen molar-refractivity contribution < 1.29 is 18.8 Å². The van der Waals surface area contributed by atoms with Crippen LogP contribution in [0, 0.1) is 19.3 Å². The molecule has 3 amide bonds. The van der Waals surface area contributed by atoms with Gasteiger partial charge in [-0.05, 0) is 64.5 Å². The largest absolute Gasteiger partial charge is 0.400 e. The average Bonchev–Trinajstić information content (AvgIpc) is 3.23. The molecule has 0 fully saturated rings. The van der Waals surface area contributed by atoms with E-state index in [0.717, 1.165) is 32.0 Å². The monoisotopic (exact) mass is 589 g/mol. The molecule has 219 valence electrons. The molecule has 43 heavy (non-hydrogen) atoms. The normalized spacial score (nSPS) is 13.8. The topological polar surface area (TPSA) is 66.9 Å². The molecule has 7 heteroatoms. The van der Waals surface area contributed by atoms with Crippen molar-refractivity contribution >= 4 is 42.8 Å². The van der Waals surface area contributed by atoms with Gasteiger partial charge in [-0.25, -0.2) is 0 Å². The first-order chi connectivity index (χ1) is 20.5. The zero-order valence-corrected chi connectivity index (χ0v) is 26.5. The van der Waals surface area contributed by atoms with Gasteiger partial charge < -0.3 is 9.33 Å². The van der Waals surface area contributed by atoms with Crippen molar-refractivity contribution in [2.24, 2.45) is 5.41 Å². The molecule has 0 bridgehead atoms. The lowest BCUT2D eigenvalue weighted by atomic mass is 9.81. The van der Waals surface area contributed by atoms with E-state index in [0.29, 0.717) is 16.8 Å². The summed E-state index contributed by atoms with van der Waals surface area (Å²) < 4.78 is 7.20. The number of hydrogen-bond donors (Lipinski definition) is 0. The minimum atomic E-state index is -1.63. The van der Waals surface area contributed by atoms with Crippen LogP contribution in [0.2, 0.25) is 0 Å². The third-order valence-electron chi connectivity index (χ3n) is 7.97. The lowest BCUT2D eigenvalue weighted by Crippen LogP contribution is -2.47. The number of amides is 3. The second kappa shape index (κ2) is 12.1. The van der Waals surface area contributed by atoms with E-state index in [9.17, 15) is 14.4 Å². The van der Waals surface area contributed by atoms with Crippen molar-refractivity contribution in [3.05, 3.63) is 125 Å². The number of aryl methyl sites for hydroxylation is 1. The molecular weight excluding hydrogens is 552 g/mol. The van der Waals surface area contributed by atoms with Crippen molar-refractivity contribution in [1.82, 2.24) is 4.90 Å². The highest BCUT2D eigenvalue weighted by atomic mass is 28.3. The average molecular weight is 590 g/mol. The van der Waals surface area contributed by atoms with E-state index in [-0.39, 0.29) is 24.0 Å². The Morgan fingerprint density at radius 1 is 0.791 bits per heavy atom. The first-order valence-corrected chi connectivity index (χ1v) is 15.9. The molecule has 5 rings (SSSR count). The van der Waals surface area contributed by atoms with Crippen LogP contribution >= 0.6 is 0 Å². The van der Waals surface area contributed by atoms with Gasteiger partial charge in [-0.3, -0.25) is 19.3 Å². The molecule has 0 aromatic heterocycles. The lowest BCUT2D eigenvalue weighted by molar-refractivity contribution is -0.118. The summed E-state index contributed by atoms with van der Waals surface area (Å²) in [6, 6.07) is 31.3. The minimum Gasteiger partial charge on any atom is -0.400 e. The summed E-state index contributed by atoms with van der Waals surface area (Å²) in [5.74, 6) is -1.23. The maximum Gasteiger partial charge on any atom is 0.283 e. The number of carbonyl (C=O) groups is 3. The minimum absolute atomic E-state index is 0.267. The van der Waals surface area contributed by atoms with Gasteiger partial charge in [0, 0.05) is 12.7 Å². The molecule has 1 atom stereocenters. The predicted molar refractivity (Wildman–Crippen MR) is 172 cm³/mol. The van der Waals surface area contributed by atoms with Crippen molar-refractivity contribution in [3.63, 3.8) is 0 Å². The summed E-state index contributed by atoms with van der Waals surface area (Å²) in [6.45, 7) is 10.3. The Morgan fingerprint density at radius 2 is 1.28 bits per heavy atom. The first-order valence-electron chi connectivity index (χ1n) is 14.5. The summed E-state index contributed by atoms with van der Waals surface area (Å²) in [7, 11) is 0.0671. The van der Waals surface area contributed by atoms with Crippen molar-refractivity contribution in [1.29, 1.82) is 0 Å². The van der Waals surface area contributed by atoms with E-state index in [1.54, 1.807) is 36.2 Å². The van der Waals surface area contributed by atoms with Crippen molar-refractivity contribution in [2.75, 3.05) is 18.5 Å². The molecule has 1 heterocycles. The van der Waals surface area contributed by atoms with Gasteiger partial charge >= 0.3 is 0 Å². The van der Waals surface area contributed by atoms with Gasteiger partial charge in [-0.15, -0.1) is 0 Å². The molecule has 0 N–H and O–H groups in total. The lowest BCUT2D eigenvalue weighted by Gasteiger charge is -2.37. The zero-order chi connectivity index (χ0) is 30.9. The molecule has 4 aromatic carbocycles. The van der Waals surface area contributed by atoms with Gasteiger partial charge in [0.25, 0.3) is 20.9 Å². The second-order valence-corrected chi connectivity index (χ2v) is 14.1. The second-order valence-electron chi connectivity index (χ2n) is 12.1. The Bertz CT molecular complexity index is 1590. The van der Waals surface area contributed by atoms with Crippen LogP contribution < -0.4 is 15.3 Å². The number of fused-ring (bicyclic) bond motifs is 1. The molecular formula is C36H37N2O4Si. The van der Waals surface area contributed by atoms with Crippen LogP contribution in [-0.2, 0) is 9.22 Å². The molecule has 0 saturated carbocycles. The van der Waals surface area contributed by atoms with Crippen molar-refractivity contribution in [3.8, 4) is 0 Å². The molecule has 1 aliphatic heterocycles. The van der Waals surface area contributed by atoms with Crippen LogP contribution in [0.25, 0.3) is 0 Å². The van der Waals surface area contributed by atoms with Gasteiger partial charge in [0.15, 0.2) is 0 Å². The summed E-state index contributed by atoms with van der Waals surface area (Å²) in [5.41, 5.74) is 4.15.